The van der Waals surface area contributed by atoms with Gasteiger partial charge in [0.2, 0.25) is 0 Å². The fourth-order valence-corrected chi connectivity index (χ4v) is 2.05. The number of pyridine rings is 1. The first-order valence-electron chi connectivity index (χ1n) is 6.23. The molecular formula is C12H10F3N5O2. The fourth-order valence-electron chi connectivity index (χ4n) is 2.05. The molecule has 0 spiro atoms. The van der Waals surface area contributed by atoms with Gasteiger partial charge in [-0.05, 0) is 6.07 Å². The molecule has 3 aromatic rings. The van der Waals surface area contributed by atoms with Gasteiger partial charge in [-0.1, -0.05) is 0 Å². The lowest BCUT2D eigenvalue weighted by molar-refractivity contribution is -0.144. The molecule has 0 fully saturated rings. The van der Waals surface area contributed by atoms with Crippen molar-refractivity contribution in [3.05, 3.63) is 34.6 Å². The number of hydrogen-bond acceptors (Lipinski definition) is 5. The molecule has 3 rings (SSSR count). The van der Waals surface area contributed by atoms with Crippen molar-refractivity contribution in [3.63, 3.8) is 0 Å². The molecule has 3 heterocycles. The highest BCUT2D eigenvalue weighted by molar-refractivity contribution is 5.78. The zero-order chi connectivity index (χ0) is 15.9. The van der Waals surface area contributed by atoms with Crippen molar-refractivity contribution in [1.82, 2.24) is 24.1 Å². The first-order valence-corrected chi connectivity index (χ1v) is 6.23. The van der Waals surface area contributed by atoms with E-state index < -0.39 is 12.0 Å². The Balaban J connectivity index is 2.22. The lowest BCUT2D eigenvalue weighted by atomic mass is 10.3. The van der Waals surface area contributed by atoms with Crippen LogP contribution in [0.5, 0.6) is 0 Å². The van der Waals surface area contributed by atoms with E-state index in [0.29, 0.717) is 13.2 Å². The normalized spacial score (nSPS) is 12.4. The average Bonchev–Trinajstić information content (AvgIpc) is 2.91. The second kappa shape index (κ2) is 5.05. The van der Waals surface area contributed by atoms with Crippen LogP contribution in [0.25, 0.3) is 16.7 Å². The lowest BCUT2D eigenvalue weighted by Gasteiger charge is -2.06. The Morgan fingerprint density at radius 1 is 1.36 bits per heavy atom. The van der Waals surface area contributed by atoms with Gasteiger partial charge >= 0.3 is 6.18 Å². The van der Waals surface area contributed by atoms with E-state index in [9.17, 15) is 18.0 Å². The maximum absolute atomic E-state index is 12.7. The lowest BCUT2D eigenvalue weighted by Crippen LogP contribution is -2.22. The highest BCUT2D eigenvalue weighted by Gasteiger charge is 2.36. The summed E-state index contributed by atoms with van der Waals surface area (Å²) >= 11 is 0. The van der Waals surface area contributed by atoms with Gasteiger partial charge in [0, 0.05) is 26.0 Å². The van der Waals surface area contributed by atoms with Crippen molar-refractivity contribution in [2.45, 2.75) is 12.7 Å². The van der Waals surface area contributed by atoms with Crippen LogP contribution in [0, 0.1) is 0 Å². The number of aromatic nitrogens is 5. The topological polar surface area (TPSA) is 74.3 Å². The Hall–Kier alpha value is -2.49. The van der Waals surface area contributed by atoms with Gasteiger partial charge in [0.1, 0.15) is 0 Å². The van der Waals surface area contributed by atoms with Crippen molar-refractivity contribution in [2.75, 3.05) is 13.7 Å². The van der Waals surface area contributed by atoms with Crippen LogP contribution in [0.15, 0.2) is 23.3 Å². The maximum Gasteiger partial charge on any atom is 0.453 e. The van der Waals surface area contributed by atoms with Crippen LogP contribution in [-0.2, 0) is 17.5 Å². The number of methoxy groups -OCH3 is 1. The molecule has 0 saturated heterocycles. The number of halogens is 3. The predicted molar refractivity (Wildman–Crippen MR) is 69.4 cm³/mol. The Bertz CT molecular complexity index is 899. The van der Waals surface area contributed by atoms with Crippen LogP contribution in [0.2, 0.25) is 0 Å². The molecule has 0 aliphatic rings. The standard InChI is InChI=1S/C12H10F3N5O2/c1-22-5-4-19-3-2-8-7(9(19)21)6-16-11-17-10(12(13,14)15)18-20(8)11/h2-3,6H,4-5H2,1H3. The molecular weight excluding hydrogens is 303 g/mol. The largest absolute Gasteiger partial charge is 0.453 e. The van der Waals surface area contributed by atoms with Crippen molar-refractivity contribution in [3.8, 4) is 0 Å². The molecule has 0 aromatic carbocycles. The Kier molecular flexibility index (Phi) is 3.32. The number of nitrogens with zero attached hydrogens (tertiary/aromatic N) is 5. The van der Waals surface area contributed by atoms with Gasteiger partial charge in [-0.15, -0.1) is 5.10 Å². The van der Waals surface area contributed by atoms with E-state index >= 15 is 0 Å². The monoisotopic (exact) mass is 313 g/mol. The molecule has 10 heteroatoms. The first-order chi connectivity index (χ1) is 10.4. The average molecular weight is 313 g/mol. The number of alkyl halides is 3. The number of hydrogen-bond donors (Lipinski definition) is 0. The van der Waals surface area contributed by atoms with Gasteiger partial charge in [0.15, 0.2) is 0 Å². The molecule has 0 aliphatic carbocycles. The van der Waals surface area contributed by atoms with Gasteiger partial charge in [-0.2, -0.15) is 22.7 Å². The number of ether oxygens (including phenoxy) is 1. The van der Waals surface area contributed by atoms with Crippen LogP contribution < -0.4 is 5.56 Å². The summed E-state index contributed by atoms with van der Waals surface area (Å²) in [5.74, 6) is -1.51. The summed E-state index contributed by atoms with van der Waals surface area (Å²) in [7, 11) is 1.51. The summed E-state index contributed by atoms with van der Waals surface area (Å²) in [4.78, 5) is 19.4. The molecule has 0 aliphatic heterocycles. The second-order valence-corrected chi connectivity index (χ2v) is 4.51. The first kappa shape index (κ1) is 14.4. The van der Waals surface area contributed by atoms with Gasteiger partial charge in [0.25, 0.3) is 17.2 Å². The molecule has 0 unspecified atom stereocenters. The fraction of sp³-hybridized carbons (Fsp3) is 0.333. The summed E-state index contributed by atoms with van der Waals surface area (Å²) in [5, 5.41) is 3.55. The zero-order valence-electron chi connectivity index (χ0n) is 11.3. The van der Waals surface area contributed by atoms with Crippen molar-refractivity contribution in [2.24, 2.45) is 0 Å². The van der Waals surface area contributed by atoms with Crippen LogP contribution in [0.1, 0.15) is 5.82 Å². The zero-order valence-corrected chi connectivity index (χ0v) is 11.3. The van der Waals surface area contributed by atoms with E-state index in [0.717, 1.165) is 4.52 Å². The summed E-state index contributed by atoms with van der Waals surface area (Å²) in [6.45, 7) is 0.664. The smallest absolute Gasteiger partial charge is 0.383 e. The molecule has 0 N–H and O–H groups in total. The van der Waals surface area contributed by atoms with E-state index in [-0.39, 0.29) is 22.2 Å². The minimum Gasteiger partial charge on any atom is -0.383 e. The summed E-state index contributed by atoms with van der Waals surface area (Å²) < 4.78 is 45.2. The van der Waals surface area contributed by atoms with Crippen molar-refractivity contribution < 1.29 is 17.9 Å². The third-order valence-electron chi connectivity index (χ3n) is 3.10. The summed E-state index contributed by atoms with van der Waals surface area (Å²) in [5.41, 5.74) is -0.167. The maximum atomic E-state index is 12.7. The quantitative estimate of drug-likeness (QED) is 0.724. The van der Waals surface area contributed by atoms with Crippen LogP contribution >= 0.6 is 0 Å². The Morgan fingerprint density at radius 3 is 2.82 bits per heavy atom. The molecule has 0 radical (unpaired) electrons. The van der Waals surface area contributed by atoms with E-state index in [1.54, 1.807) is 0 Å². The van der Waals surface area contributed by atoms with E-state index in [1.165, 1.54) is 30.1 Å². The van der Waals surface area contributed by atoms with Gasteiger partial charge in [-0.3, -0.25) is 4.79 Å². The minimum absolute atomic E-state index is 0.157. The molecule has 0 amide bonds. The van der Waals surface area contributed by atoms with Gasteiger partial charge in [-0.25, -0.2) is 4.98 Å². The molecule has 0 atom stereocenters. The number of rotatable bonds is 3. The molecule has 7 nitrogen and oxygen atoms in total. The Labute approximate surface area is 121 Å². The molecule has 3 aromatic heterocycles. The van der Waals surface area contributed by atoms with Crippen molar-refractivity contribution in [1.29, 1.82) is 0 Å². The van der Waals surface area contributed by atoms with E-state index in [1.807, 2.05) is 0 Å². The highest BCUT2D eigenvalue weighted by Crippen LogP contribution is 2.26. The van der Waals surface area contributed by atoms with E-state index in [4.69, 9.17) is 4.74 Å². The molecule has 0 bridgehead atoms. The van der Waals surface area contributed by atoms with Crippen LogP contribution in [0.4, 0.5) is 13.2 Å². The third-order valence-corrected chi connectivity index (χ3v) is 3.10. The number of fused-ring (bicyclic) bond motifs is 3. The summed E-state index contributed by atoms with van der Waals surface area (Å²) in [6.07, 6.45) is -2.00. The SMILES string of the molecule is COCCn1ccc2c(cnc3nc(C(F)(F)F)nn32)c1=O. The van der Waals surface area contributed by atoms with Gasteiger partial charge < -0.3 is 9.30 Å². The molecule has 116 valence electrons. The minimum atomic E-state index is -4.67. The Morgan fingerprint density at radius 2 is 2.14 bits per heavy atom. The van der Waals surface area contributed by atoms with Crippen LogP contribution in [-0.4, -0.2) is 37.9 Å². The third kappa shape index (κ3) is 2.30. The summed E-state index contributed by atoms with van der Waals surface area (Å²) in [6, 6.07) is 1.50. The second-order valence-electron chi connectivity index (χ2n) is 4.51. The highest BCUT2D eigenvalue weighted by atomic mass is 19.4. The predicted octanol–water partition coefficient (Wildman–Crippen LogP) is 1.10. The van der Waals surface area contributed by atoms with Crippen molar-refractivity contribution >= 4 is 16.7 Å². The molecule has 0 saturated carbocycles. The van der Waals surface area contributed by atoms with Crippen LogP contribution in [0.3, 0.4) is 0 Å². The molecule has 22 heavy (non-hydrogen) atoms. The van der Waals surface area contributed by atoms with E-state index in [2.05, 4.69) is 15.1 Å². The van der Waals surface area contributed by atoms with Gasteiger partial charge in [0.05, 0.1) is 17.5 Å².